The molecule has 0 saturated carbocycles. The van der Waals surface area contributed by atoms with Gasteiger partial charge in [-0.05, 0) is 37.0 Å². The van der Waals surface area contributed by atoms with Gasteiger partial charge in [-0.25, -0.2) is 0 Å². The second-order valence-electron chi connectivity index (χ2n) is 6.03. The molecule has 122 valence electrons. The molecule has 4 nitrogen and oxygen atoms in total. The largest absolute Gasteiger partial charge is 0.493 e. The van der Waals surface area contributed by atoms with Crippen LogP contribution in [-0.2, 0) is 6.54 Å². The maximum Gasteiger partial charge on any atom is 0.387 e. The molecule has 2 fully saturated rings. The summed E-state index contributed by atoms with van der Waals surface area (Å²) >= 11 is 0. The molecule has 0 radical (unpaired) electrons. The molecule has 2 aliphatic heterocycles. The van der Waals surface area contributed by atoms with Crippen molar-refractivity contribution in [2.24, 2.45) is 0 Å². The van der Waals surface area contributed by atoms with Crippen LogP contribution in [0.2, 0.25) is 0 Å². The third-order valence-electron chi connectivity index (χ3n) is 4.46. The van der Waals surface area contributed by atoms with Gasteiger partial charge in [0.05, 0.1) is 7.11 Å². The van der Waals surface area contributed by atoms with Crippen LogP contribution in [0.15, 0.2) is 18.2 Å². The number of ether oxygens (including phenoxy) is 2. The monoisotopic (exact) mass is 312 g/mol. The zero-order chi connectivity index (χ0) is 15.5. The Labute approximate surface area is 129 Å². The van der Waals surface area contributed by atoms with Gasteiger partial charge >= 0.3 is 6.61 Å². The summed E-state index contributed by atoms with van der Waals surface area (Å²) in [5.41, 5.74) is 0.967. The van der Waals surface area contributed by atoms with E-state index >= 15 is 0 Å². The van der Waals surface area contributed by atoms with Crippen molar-refractivity contribution < 1.29 is 18.3 Å². The summed E-state index contributed by atoms with van der Waals surface area (Å²) in [5.74, 6) is 0.435. The van der Waals surface area contributed by atoms with Gasteiger partial charge in [0, 0.05) is 31.7 Å². The van der Waals surface area contributed by atoms with Crippen molar-refractivity contribution in [1.29, 1.82) is 0 Å². The molecule has 1 N–H and O–H groups in total. The molecule has 2 saturated heterocycles. The highest BCUT2D eigenvalue weighted by Gasteiger charge is 2.29. The topological polar surface area (TPSA) is 33.7 Å². The third-order valence-corrected chi connectivity index (χ3v) is 4.46. The van der Waals surface area contributed by atoms with Crippen LogP contribution in [0.25, 0.3) is 0 Å². The molecule has 2 bridgehead atoms. The van der Waals surface area contributed by atoms with Crippen LogP contribution in [0.1, 0.15) is 24.8 Å². The zero-order valence-corrected chi connectivity index (χ0v) is 12.7. The Bertz CT molecular complexity index is 513. The number of nitrogens with zero attached hydrogens (tertiary/aromatic N) is 1. The fourth-order valence-corrected chi connectivity index (χ4v) is 3.42. The van der Waals surface area contributed by atoms with E-state index in [0.717, 1.165) is 31.6 Å². The van der Waals surface area contributed by atoms with E-state index in [2.05, 4.69) is 15.0 Å². The minimum absolute atomic E-state index is 0.101. The standard InChI is InChI=1S/C16H22F2N2O2/c1-21-14-5-2-11(8-15(14)22-16(17)18)9-20-7-6-12-3-4-13(10-20)19-12/h2,5,8,12-13,16,19H,3-4,6-7,9-10H2,1H3. The second-order valence-corrected chi connectivity index (χ2v) is 6.03. The predicted octanol–water partition coefficient (Wildman–Crippen LogP) is 2.62. The fraction of sp³-hybridized carbons (Fsp3) is 0.625. The van der Waals surface area contributed by atoms with Crippen LogP contribution >= 0.6 is 0 Å². The number of hydrogen-bond acceptors (Lipinski definition) is 4. The van der Waals surface area contributed by atoms with Gasteiger partial charge in [-0.1, -0.05) is 6.07 Å². The Hall–Kier alpha value is -1.40. The van der Waals surface area contributed by atoms with Gasteiger partial charge in [0.15, 0.2) is 11.5 Å². The molecule has 2 unspecified atom stereocenters. The Kier molecular flexibility index (Phi) is 4.78. The number of benzene rings is 1. The number of halogens is 2. The third kappa shape index (κ3) is 3.67. The fourth-order valence-electron chi connectivity index (χ4n) is 3.42. The predicted molar refractivity (Wildman–Crippen MR) is 79.5 cm³/mol. The van der Waals surface area contributed by atoms with Gasteiger partial charge in [0.2, 0.25) is 0 Å². The molecule has 2 atom stereocenters. The van der Waals surface area contributed by atoms with E-state index in [4.69, 9.17) is 4.74 Å². The van der Waals surface area contributed by atoms with Crippen molar-refractivity contribution in [3.05, 3.63) is 23.8 Å². The lowest BCUT2D eigenvalue weighted by atomic mass is 10.1. The summed E-state index contributed by atoms with van der Waals surface area (Å²) in [6.07, 6.45) is 3.64. The second kappa shape index (κ2) is 6.79. The van der Waals surface area contributed by atoms with Crippen molar-refractivity contribution in [2.45, 2.75) is 44.5 Å². The number of nitrogens with one attached hydrogen (secondary N) is 1. The van der Waals surface area contributed by atoms with Crippen LogP contribution < -0.4 is 14.8 Å². The summed E-state index contributed by atoms with van der Waals surface area (Å²) in [6.45, 7) is -0.0601. The maximum atomic E-state index is 12.5. The first-order valence-electron chi connectivity index (χ1n) is 7.74. The lowest BCUT2D eigenvalue weighted by Gasteiger charge is -2.24. The molecule has 1 aromatic carbocycles. The molecule has 6 heteroatoms. The number of rotatable bonds is 5. The molecule has 2 heterocycles. The Morgan fingerprint density at radius 3 is 2.82 bits per heavy atom. The molecule has 2 aliphatic rings. The van der Waals surface area contributed by atoms with Crippen LogP contribution in [0.5, 0.6) is 11.5 Å². The zero-order valence-electron chi connectivity index (χ0n) is 12.7. The smallest absolute Gasteiger partial charge is 0.387 e. The normalized spacial score (nSPS) is 25.3. The van der Waals surface area contributed by atoms with E-state index in [9.17, 15) is 8.78 Å². The minimum Gasteiger partial charge on any atom is -0.493 e. The summed E-state index contributed by atoms with van der Waals surface area (Å²) in [7, 11) is 1.45. The lowest BCUT2D eigenvalue weighted by molar-refractivity contribution is -0.0512. The average Bonchev–Trinajstić information content (AvgIpc) is 2.81. The molecule has 0 aliphatic carbocycles. The number of likely N-dealkylation sites (tertiary alicyclic amines) is 1. The molecular formula is C16H22F2N2O2. The average molecular weight is 312 g/mol. The first-order valence-corrected chi connectivity index (χ1v) is 7.74. The van der Waals surface area contributed by atoms with Gasteiger partial charge in [-0.15, -0.1) is 0 Å². The number of fused-ring (bicyclic) bond motifs is 2. The molecule has 1 aromatic rings. The molecule has 0 amide bonds. The summed E-state index contributed by atoms with van der Waals surface area (Å²) in [4.78, 5) is 2.38. The van der Waals surface area contributed by atoms with Crippen molar-refractivity contribution in [1.82, 2.24) is 10.2 Å². The van der Waals surface area contributed by atoms with Crippen LogP contribution in [0.4, 0.5) is 8.78 Å². The Balaban J connectivity index is 1.69. The van der Waals surface area contributed by atoms with Crippen molar-refractivity contribution >= 4 is 0 Å². The highest BCUT2D eigenvalue weighted by atomic mass is 19.3. The number of hydrogen-bond donors (Lipinski definition) is 1. The van der Waals surface area contributed by atoms with E-state index in [1.165, 1.54) is 20.0 Å². The number of methoxy groups -OCH3 is 1. The maximum absolute atomic E-state index is 12.5. The van der Waals surface area contributed by atoms with Crippen molar-refractivity contribution in [3.63, 3.8) is 0 Å². The number of alkyl halides is 2. The van der Waals surface area contributed by atoms with Crippen LogP contribution in [0, 0.1) is 0 Å². The van der Waals surface area contributed by atoms with Crippen LogP contribution in [0.3, 0.4) is 0 Å². The van der Waals surface area contributed by atoms with Gasteiger partial charge in [-0.3, -0.25) is 4.90 Å². The van der Waals surface area contributed by atoms with E-state index in [1.807, 2.05) is 6.07 Å². The highest BCUT2D eigenvalue weighted by molar-refractivity contribution is 5.43. The van der Waals surface area contributed by atoms with E-state index in [1.54, 1.807) is 12.1 Å². The molecule has 22 heavy (non-hydrogen) atoms. The van der Waals surface area contributed by atoms with E-state index < -0.39 is 6.61 Å². The summed E-state index contributed by atoms with van der Waals surface area (Å²) in [6, 6.07) is 6.45. The van der Waals surface area contributed by atoms with Gasteiger partial charge in [0.25, 0.3) is 0 Å². The Morgan fingerprint density at radius 2 is 2.05 bits per heavy atom. The lowest BCUT2D eigenvalue weighted by Crippen LogP contribution is -2.34. The van der Waals surface area contributed by atoms with Gasteiger partial charge < -0.3 is 14.8 Å². The minimum atomic E-state index is -2.85. The molecule has 0 spiro atoms. The Morgan fingerprint density at radius 1 is 1.23 bits per heavy atom. The van der Waals surface area contributed by atoms with Crippen LogP contribution in [-0.4, -0.2) is 43.8 Å². The summed E-state index contributed by atoms with van der Waals surface area (Å²) < 4.78 is 34.6. The van der Waals surface area contributed by atoms with Crippen molar-refractivity contribution in [3.8, 4) is 11.5 Å². The van der Waals surface area contributed by atoms with Crippen molar-refractivity contribution in [2.75, 3.05) is 20.2 Å². The molecule has 3 rings (SSSR count). The quantitative estimate of drug-likeness (QED) is 0.906. The van der Waals surface area contributed by atoms with Gasteiger partial charge in [-0.2, -0.15) is 8.78 Å². The first-order chi connectivity index (χ1) is 10.6. The summed E-state index contributed by atoms with van der Waals surface area (Å²) in [5, 5.41) is 3.64. The first kappa shape index (κ1) is 15.5. The van der Waals surface area contributed by atoms with E-state index in [-0.39, 0.29) is 5.75 Å². The van der Waals surface area contributed by atoms with E-state index in [0.29, 0.717) is 17.8 Å². The SMILES string of the molecule is COc1ccc(CN2CCC3CCC(C2)N3)cc1OC(F)F. The molecule has 0 aromatic heterocycles. The van der Waals surface area contributed by atoms with Gasteiger partial charge in [0.1, 0.15) is 0 Å². The highest BCUT2D eigenvalue weighted by Crippen LogP contribution is 2.30. The molecular weight excluding hydrogens is 290 g/mol.